The lowest BCUT2D eigenvalue weighted by Crippen LogP contribution is -2.43. The molecule has 1 N–H and O–H groups in total. The fraction of sp³-hybridized carbons (Fsp3) is 0.562. The van der Waals surface area contributed by atoms with Crippen LogP contribution in [0.15, 0.2) is 12.1 Å². The standard InChI is InChI=1S/C16H22O3/c1-10(2)12-9-13(11(3)8-14(12)19-4)16(15(17)18)6-5-7-16/h8-10H,5-7H2,1-4H3,(H,17,18). The lowest BCUT2D eigenvalue weighted by atomic mass is 9.63. The third-order valence-electron chi connectivity index (χ3n) is 4.33. The molecule has 0 heterocycles. The molecule has 104 valence electrons. The van der Waals surface area contributed by atoms with Gasteiger partial charge in [0.05, 0.1) is 12.5 Å². The van der Waals surface area contributed by atoms with Crippen molar-refractivity contribution in [2.45, 2.75) is 51.4 Å². The minimum atomic E-state index is -0.693. The van der Waals surface area contributed by atoms with Crippen LogP contribution in [-0.4, -0.2) is 18.2 Å². The summed E-state index contributed by atoms with van der Waals surface area (Å²) in [6.07, 6.45) is 2.48. The van der Waals surface area contributed by atoms with Crippen LogP contribution in [0, 0.1) is 6.92 Å². The molecule has 0 radical (unpaired) electrons. The van der Waals surface area contributed by atoms with Crippen LogP contribution in [-0.2, 0) is 10.2 Å². The first-order valence-electron chi connectivity index (χ1n) is 6.85. The molecule has 0 amide bonds. The molecule has 0 aliphatic heterocycles. The average molecular weight is 262 g/mol. The first-order valence-corrected chi connectivity index (χ1v) is 6.85. The number of aryl methyl sites for hydroxylation is 1. The van der Waals surface area contributed by atoms with Gasteiger partial charge in [-0.15, -0.1) is 0 Å². The number of rotatable bonds is 4. The lowest BCUT2D eigenvalue weighted by Gasteiger charge is -2.39. The molecule has 1 aliphatic rings. The van der Waals surface area contributed by atoms with Crippen molar-refractivity contribution in [1.29, 1.82) is 0 Å². The third-order valence-corrected chi connectivity index (χ3v) is 4.33. The first kappa shape index (κ1) is 13.9. The molecular formula is C16H22O3. The molecule has 0 aromatic heterocycles. The van der Waals surface area contributed by atoms with Crippen molar-refractivity contribution in [3.8, 4) is 5.75 Å². The van der Waals surface area contributed by atoms with Crippen LogP contribution < -0.4 is 4.74 Å². The van der Waals surface area contributed by atoms with Crippen molar-refractivity contribution >= 4 is 5.97 Å². The van der Waals surface area contributed by atoms with Gasteiger partial charge in [-0.1, -0.05) is 26.3 Å². The number of ether oxygens (including phenoxy) is 1. The Labute approximate surface area is 114 Å². The smallest absolute Gasteiger partial charge is 0.314 e. The lowest BCUT2D eigenvalue weighted by molar-refractivity contribution is -0.147. The van der Waals surface area contributed by atoms with Crippen LogP contribution in [0.2, 0.25) is 0 Å². The summed E-state index contributed by atoms with van der Waals surface area (Å²) in [6.45, 7) is 6.18. The highest BCUT2D eigenvalue weighted by Crippen LogP contribution is 2.47. The Hall–Kier alpha value is -1.51. The second kappa shape index (κ2) is 4.87. The monoisotopic (exact) mass is 262 g/mol. The Morgan fingerprint density at radius 1 is 1.37 bits per heavy atom. The Balaban J connectivity index is 2.58. The van der Waals surface area contributed by atoms with Crippen LogP contribution in [0.25, 0.3) is 0 Å². The Bertz CT molecular complexity index is 499. The molecule has 0 spiro atoms. The summed E-state index contributed by atoms with van der Waals surface area (Å²) >= 11 is 0. The number of hydrogen-bond donors (Lipinski definition) is 1. The third kappa shape index (κ3) is 2.11. The van der Waals surface area contributed by atoms with E-state index in [1.165, 1.54) is 0 Å². The molecule has 1 aromatic carbocycles. The van der Waals surface area contributed by atoms with Gasteiger partial charge in [0, 0.05) is 0 Å². The van der Waals surface area contributed by atoms with Crippen LogP contribution in [0.4, 0.5) is 0 Å². The summed E-state index contributed by atoms with van der Waals surface area (Å²) in [4.78, 5) is 11.7. The van der Waals surface area contributed by atoms with Crippen molar-refractivity contribution in [3.05, 3.63) is 28.8 Å². The maximum Gasteiger partial charge on any atom is 0.314 e. The highest BCUT2D eigenvalue weighted by Gasteiger charge is 2.47. The number of carboxylic acid groups (broad SMARTS) is 1. The van der Waals surface area contributed by atoms with Crippen molar-refractivity contribution < 1.29 is 14.6 Å². The Morgan fingerprint density at radius 3 is 2.37 bits per heavy atom. The quantitative estimate of drug-likeness (QED) is 0.901. The van der Waals surface area contributed by atoms with E-state index >= 15 is 0 Å². The van der Waals surface area contributed by atoms with Gasteiger partial charge in [-0.2, -0.15) is 0 Å². The zero-order valence-electron chi connectivity index (χ0n) is 12.1. The number of benzene rings is 1. The maximum absolute atomic E-state index is 11.7. The predicted octanol–water partition coefficient (Wildman–Crippen LogP) is 3.63. The molecule has 19 heavy (non-hydrogen) atoms. The minimum Gasteiger partial charge on any atom is -0.496 e. The second-order valence-corrected chi connectivity index (χ2v) is 5.80. The molecule has 1 saturated carbocycles. The molecule has 3 heteroatoms. The summed E-state index contributed by atoms with van der Waals surface area (Å²) in [5, 5.41) is 9.59. The van der Waals surface area contributed by atoms with Crippen molar-refractivity contribution in [3.63, 3.8) is 0 Å². The van der Waals surface area contributed by atoms with Gasteiger partial charge in [0.2, 0.25) is 0 Å². The van der Waals surface area contributed by atoms with Gasteiger partial charge >= 0.3 is 5.97 Å². The molecule has 0 saturated heterocycles. The van der Waals surface area contributed by atoms with Gasteiger partial charge in [0.1, 0.15) is 5.75 Å². The highest BCUT2D eigenvalue weighted by atomic mass is 16.5. The first-order chi connectivity index (χ1) is 8.92. The van der Waals surface area contributed by atoms with Crippen LogP contribution in [0.5, 0.6) is 5.75 Å². The highest BCUT2D eigenvalue weighted by molar-refractivity contribution is 5.83. The van der Waals surface area contributed by atoms with Crippen molar-refractivity contribution in [1.82, 2.24) is 0 Å². The maximum atomic E-state index is 11.7. The van der Waals surface area contributed by atoms with E-state index in [0.29, 0.717) is 5.92 Å². The van der Waals surface area contributed by atoms with Gasteiger partial charge in [-0.25, -0.2) is 0 Å². The molecule has 1 aliphatic carbocycles. The van der Waals surface area contributed by atoms with Crippen molar-refractivity contribution in [2.24, 2.45) is 0 Å². The van der Waals surface area contributed by atoms with E-state index in [2.05, 4.69) is 13.8 Å². The fourth-order valence-electron chi connectivity index (χ4n) is 2.97. The van der Waals surface area contributed by atoms with E-state index in [0.717, 1.165) is 41.7 Å². The van der Waals surface area contributed by atoms with E-state index in [4.69, 9.17) is 4.74 Å². The van der Waals surface area contributed by atoms with E-state index in [1.54, 1.807) is 7.11 Å². The van der Waals surface area contributed by atoms with Crippen LogP contribution >= 0.6 is 0 Å². The zero-order valence-corrected chi connectivity index (χ0v) is 12.1. The normalized spacial score (nSPS) is 17.1. The van der Waals surface area contributed by atoms with Crippen LogP contribution in [0.1, 0.15) is 55.7 Å². The molecule has 0 atom stereocenters. The van der Waals surface area contributed by atoms with Gasteiger partial charge in [0.25, 0.3) is 0 Å². The van der Waals surface area contributed by atoms with Gasteiger partial charge in [0.15, 0.2) is 0 Å². The summed E-state index contributed by atoms with van der Waals surface area (Å²) < 4.78 is 5.42. The molecule has 0 bridgehead atoms. The number of aliphatic carboxylic acids is 1. The number of hydrogen-bond acceptors (Lipinski definition) is 2. The van der Waals surface area contributed by atoms with Crippen molar-refractivity contribution in [2.75, 3.05) is 7.11 Å². The predicted molar refractivity (Wildman–Crippen MR) is 75.0 cm³/mol. The summed E-state index contributed by atoms with van der Waals surface area (Å²) in [5.41, 5.74) is 2.41. The number of carboxylic acids is 1. The van der Waals surface area contributed by atoms with Crippen LogP contribution in [0.3, 0.4) is 0 Å². The SMILES string of the molecule is COc1cc(C)c(C2(C(=O)O)CCC2)cc1C(C)C. The molecule has 0 unspecified atom stereocenters. The minimum absolute atomic E-state index is 0.320. The molecule has 2 rings (SSSR count). The summed E-state index contributed by atoms with van der Waals surface area (Å²) in [5.74, 6) is 0.484. The topological polar surface area (TPSA) is 46.5 Å². The van der Waals surface area contributed by atoms with E-state index < -0.39 is 11.4 Å². The van der Waals surface area contributed by atoms with Gasteiger partial charge < -0.3 is 9.84 Å². The summed E-state index contributed by atoms with van der Waals surface area (Å²) in [6, 6.07) is 4.03. The zero-order chi connectivity index (χ0) is 14.2. The largest absolute Gasteiger partial charge is 0.496 e. The van der Waals surface area contributed by atoms with E-state index in [9.17, 15) is 9.90 Å². The molecular weight excluding hydrogens is 240 g/mol. The fourth-order valence-corrected chi connectivity index (χ4v) is 2.97. The Kier molecular flexibility index (Phi) is 3.57. The number of carbonyl (C=O) groups is 1. The molecule has 1 fully saturated rings. The summed E-state index contributed by atoms with van der Waals surface area (Å²) in [7, 11) is 1.66. The second-order valence-electron chi connectivity index (χ2n) is 5.80. The molecule has 3 nitrogen and oxygen atoms in total. The van der Waals surface area contributed by atoms with Gasteiger partial charge in [-0.05, 0) is 48.4 Å². The number of methoxy groups -OCH3 is 1. The molecule has 1 aromatic rings. The van der Waals surface area contributed by atoms with Gasteiger partial charge in [-0.3, -0.25) is 4.79 Å². The Morgan fingerprint density at radius 2 is 2.00 bits per heavy atom. The average Bonchev–Trinajstić information content (AvgIpc) is 2.28. The van der Waals surface area contributed by atoms with E-state index in [1.807, 2.05) is 19.1 Å². The van der Waals surface area contributed by atoms with E-state index in [-0.39, 0.29) is 0 Å².